The molecule has 5 heteroatoms. The number of fused-ring (bicyclic) bond motifs is 2. The molecule has 2 fully saturated rings. The molecule has 2 bridgehead atoms. The Morgan fingerprint density at radius 1 is 1.47 bits per heavy atom. The van der Waals surface area contributed by atoms with Gasteiger partial charge in [-0.2, -0.15) is 0 Å². The first-order chi connectivity index (χ1) is 9.17. The summed E-state index contributed by atoms with van der Waals surface area (Å²) < 4.78 is 6.92. The van der Waals surface area contributed by atoms with Gasteiger partial charge in [0.1, 0.15) is 0 Å². The van der Waals surface area contributed by atoms with Crippen LogP contribution in [-0.2, 0) is 11.2 Å². The third kappa shape index (κ3) is 2.83. The first kappa shape index (κ1) is 13.8. The summed E-state index contributed by atoms with van der Waals surface area (Å²) in [6, 6.07) is 6.24. The first-order valence-corrected chi connectivity index (χ1v) is 7.90. The van der Waals surface area contributed by atoms with Crippen LogP contribution in [0.15, 0.2) is 22.7 Å². The maximum atomic E-state index is 6.29. The molecule has 104 valence electrons. The molecule has 4 atom stereocenters. The average molecular weight is 346 g/mol. The zero-order chi connectivity index (χ0) is 13.4. The van der Waals surface area contributed by atoms with Crippen molar-refractivity contribution >= 4 is 27.5 Å². The number of hydrazine groups is 1. The molecule has 3 rings (SSSR count). The lowest BCUT2D eigenvalue weighted by Gasteiger charge is -2.28. The van der Waals surface area contributed by atoms with E-state index in [0.29, 0.717) is 18.1 Å². The molecule has 0 radical (unpaired) electrons. The molecule has 0 aliphatic carbocycles. The number of benzene rings is 1. The molecule has 2 heterocycles. The lowest BCUT2D eigenvalue weighted by molar-refractivity contribution is 0.0857. The highest BCUT2D eigenvalue weighted by atomic mass is 79.9. The Morgan fingerprint density at radius 2 is 2.32 bits per heavy atom. The van der Waals surface area contributed by atoms with E-state index in [4.69, 9.17) is 22.2 Å². The van der Waals surface area contributed by atoms with Crippen LogP contribution in [0, 0.1) is 5.92 Å². The molecule has 2 aliphatic rings. The van der Waals surface area contributed by atoms with Gasteiger partial charge in [-0.25, -0.2) is 0 Å². The lowest BCUT2D eigenvalue weighted by Crippen LogP contribution is -2.45. The second-order valence-electron chi connectivity index (χ2n) is 5.49. The topological polar surface area (TPSA) is 47.3 Å². The molecule has 0 aromatic heterocycles. The van der Waals surface area contributed by atoms with E-state index in [1.54, 1.807) is 0 Å². The Kier molecular flexibility index (Phi) is 4.15. The van der Waals surface area contributed by atoms with Gasteiger partial charge in [-0.05, 0) is 43.4 Å². The highest BCUT2D eigenvalue weighted by molar-refractivity contribution is 9.10. The second-order valence-corrected chi connectivity index (χ2v) is 6.81. The van der Waals surface area contributed by atoms with Gasteiger partial charge in [-0.3, -0.25) is 11.3 Å². The maximum absolute atomic E-state index is 6.29. The van der Waals surface area contributed by atoms with Crippen LogP contribution >= 0.6 is 27.5 Å². The molecular formula is C14H18BrClN2O. The second kappa shape index (κ2) is 5.70. The Labute approximate surface area is 126 Å². The summed E-state index contributed by atoms with van der Waals surface area (Å²) in [7, 11) is 0. The van der Waals surface area contributed by atoms with Crippen molar-refractivity contribution in [1.29, 1.82) is 0 Å². The van der Waals surface area contributed by atoms with Crippen LogP contribution in [0.4, 0.5) is 0 Å². The van der Waals surface area contributed by atoms with E-state index in [1.165, 1.54) is 12.8 Å². The van der Waals surface area contributed by atoms with Crippen LogP contribution < -0.4 is 11.3 Å². The number of hydrogen-bond acceptors (Lipinski definition) is 3. The van der Waals surface area contributed by atoms with E-state index in [1.807, 2.05) is 12.1 Å². The molecular weight excluding hydrogens is 328 g/mol. The fraction of sp³-hybridized carbons (Fsp3) is 0.571. The Morgan fingerprint density at radius 3 is 2.89 bits per heavy atom. The third-order valence-electron chi connectivity index (χ3n) is 4.34. The number of nitrogens with two attached hydrogens (primary N) is 1. The van der Waals surface area contributed by atoms with Crippen molar-refractivity contribution in [2.45, 2.75) is 43.9 Å². The fourth-order valence-electron chi connectivity index (χ4n) is 3.36. The van der Waals surface area contributed by atoms with E-state index in [9.17, 15) is 0 Å². The number of nitrogens with one attached hydrogen (secondary N) is 1. The van der Waals surface area contributed by atoms with E-state index in [-0.39, 0.29) is 6.04 Å². The Hall–Kier alpha value is -0.130. The molecule has 0 amide bonds. The molecule has 3 N–H and O–H groups in total. The van der Waals surface area contributed by atoms with Gasteiger partial charge in [0.15, 0.2) is 0 Å². The van der Waals surface area contributed by atoms with Crippen molar-refractivity contribution in [3.63, 3.8) is 0 Å². The zero-order valence-corrected chi connectivity index (χ0v) is 13.0. The van der Waals surface area contributed by atoms with Crippen molar-refractivity contribution in [1.82, 2.24) is 5.43 Å². The summed E-state index contributed by atoms with van der Waals surface area (Å²) >= 11 is 9.71. The Balaban J connectivity index is 1.73. The predicted octanol–water partition coefficient (Wildman–Crippen LogP) is 3.04. The minimum atomic E-state index is 0.231. The SMILES string of the molecule is NNC(Cc1ccc(Br)cc1Cl)C1CC2CCC1O2. The van der Waals surface area contributed by atoms with Gasteiger partial charge in [0.05, 0.1) is 12.2 Å². The molecule has 2 aliphatic heterocycles. The molecule has 3 nitrogen and oxygen atoms in total. The summed E-state index contributed by atoms with van der Waals surface area (Å²) in [5.74, 6) is 6.26. The summed E-state index contributed by atoms with van der Waals surface area (Å²) in [6.45, 7) is 0. The van der Waals surface area contributed by atoms with Gasteiger partial charge in [-0.15, -0.1) is 0 Å². The summed E-state index contributed by atoms with van der Waals surface area (Å²) in [6.07, 6.45) is 5.17. The highest BCUT2D eigenvalue weighted by Crippen LogP contribution is 2.41. The van der Waals surface area contributed by atoms with E-state index >= 15 is 0 Å². The van der Waals surface area contributed by atoms with Crippen LogP contribution in [0.3, 0.4) is 0 Å². The van der Waals surface area contributed by atoms with Gasteiger partial charge in [0.2, 0.25) is 0 Å². The molecule has 4 unspecified atom stereocenters. The monoisotopic (exact) mass is 344 g/mol. The van der Waals surface area contributed by atoms with Gasteiger partial charge < -0.3 is 4.74 Å². The minimum absolute atomic E-state index is 0.231. The predicted molar refractivity (Wildman–Crippen MR) is 80.0 cm³/mol. The molecule has 2 saturated heterocycles. The largest absolute Gasteiger partial charge is 0.375 e. The lowest BCUT2D eigenvalue weighted by atomic mass is 9.82. The summed E-state index contributed by atoms with van der Waals surface area (Å²) in [5.41, 5.74) is 4.10. The van der Waals surface area contributed by atoms with Gasteiger partial charge >= 0.3 is 0 Å². The van der Waals surface area contributed by atoms with Crippen LogP contribution in [0.5, 0.6) is 0 Å². The van der Waals surface area contributed by atoms with Crippen molar-refractivity contribution in [2.24, 2.45) is 11.8 Å². The molecule has 1 aromatic rings. The van der Waals surface area contributed by atoms with Crippen LogP contribution in [0.2, 0.25) is 5.02 Å². The molecule has 19 heavy (non-hydrogen) atoms. The van der Waals surface area contributed by atoms with Crippen LogP contribution in [0.1, 0.15) is 24.8 Å². The van der Waals surface area contributed by atoms with Crippen molar-refractivity contribution in [3.05, 3.63) is 33.3 Å². The van der Waals surface area contributed by atoms with Crippen LogP contribution in [0.25, 0.3) is 0 Å². The van der Waals surface area contributed by atoms with Gasteiger partial charge in [-0.1, -0.05) is 33.6 Å². The third-order valence-corrected chi connectivity index (χ3v) is 5.18. The first-order valence-electron chi connectivity index (χ1n) is 6.73. The van der Waals surface area contributed by atoms with E-state index < -0.39 is 0 Å². The Bertz CT molecular complexity index is 471. The number of rotatable bonds is 4. The normalized spacial score (nSPS) is 30.8. The maximum Gasteiger partial charge on any atom is 0.0624 e. The quantitative estimate of drug-likeness (QED) is 0.651. The van der Waals surface area contributed by atoms with E-state index in [0.717, 1.165) is 27.9 Å². The van der Waals surface area contributed by atoms with Gasteiger partial charge in [0.25, 0.3) is 0 Å². The van der Waals surface area contributed by atoms with Crippen LogP contribution in [-0.4, -0.2) is 18.2 Å². The fourth-order valence-corrected chi connectivity index (χ4v) is 4.11. The molecule has 1 aromatic carbocycles. The summed E-state index contributed by atoms with van der Waals surface area (Å²) in [5, 5.41) is 0.790. The van der Waals surface area contributed by atoms with Crippen molar-refractivity contribution < 1.29 is 4.74 Å². The minimum Gasteiger partial charge on any atom is -0.375 e. The molecule has 0 saturated carbocycles. The van der Waals surface area contributed by atoms with Crippen molar-refractivity contribution in [2.75, 3.05) is 0 Å². The number of hydrogen-bond donors (Lipinski definition) is 2. The zero-order valence-electron chi connectivity index (χ0n) is 10.6. The van der Waals surface area contributed by atoms with Gasteiger partial charge in [0, 0.05) is 21.5 Å². The van der Waals surface area contributed by atoms with Crippen molar-refractivity contribution in [3.8, 4) is 0 Å². The average Bonchev–Trinajstić information content (AvgIpc) is 3.00. The number of halogens is 2. The standard InChI is InChI=1S/C14H18BrClN2O/c15-9-2-1-8(12(16)6-9)5-13(18-17)11-7-10-3-4-14(11)19-10/h1-2,6,10-11,13-14,18H,3-5,7,17H2. The smallest absolute Gasteiger partial charge is 0.0624 e. The summed E-state index contributed by atoms with van der Waals surface area (Å²) in [4.78, 5) is 0. The highest BCUT2D eigenvalue weighted by Gasteiger charge is 2.44. The van der Waals surface area contributed by atoms with E-state index in [2.05, 4.69) is 27.4 Å². The number of ether oxygens (including phenoxy) is 1. The molecule has 0 spiro atoms.